The Morgan fingerprint density at radius 1 is 1.16 bits per heavy atom. The molecule has 1 fully saturated rings. The van der Waals surface area contributed by atoms with Crippen LogP contribution in [0.1, 0.15) is 23.5 Å². The number of hydrogen-bond acceptors (Lipinski definition) is 5. The quantitative estimate of drug-likeness (QED) is 0.927. The number of rotatable bonds is 4. The summed E-state index contributed by atoms with van der Waals surface area (Å²) in [4.78, 5) is 2.28. The minimum atomic E-state index is -0.399. The second kappa shape index (κ2) is 6.94. The number of methoxy groups -OCH3 is 1. The number of likely N-dealkylation sites (tertiary alicyclic amines) is 1. The minimum absolute atomic E-state index is 0.128. The van der Waals surface area contributed by atoms with Gasteiger partial charge in [0.2, 0.25) is 6.79 Å². The number of ether oxygens (including phenoxy) is 3. The van der Waals surface area contributed by atoms with Gasteiger partial charge in [-0.3, -0.25) is 4.90 Å². The number of piperidine rings is 1. The molecule has 2 aliphatic heterocycles. The number of nitrogens with zero attached hydrogens (tertiary/aromatic N) is 1. The second-order valence-corrected chi connectivity index (χ2v) is 6.62. The number of hydrogen-bond donors (Lipinski definition) is 1. The zero-order chi connectivity index (χ0) is 17.2. The molecule has 1 N–H and O–H groups in total. The first-order chi connectivity index (χ1) is 12.2. The van der Waals surface area contributed by atoms with Crippen molar-refractivity contribution < 1.29 is 19.3 Å². The van der Waals surface area contributed by atoms with Gasteiger partial charge in [0, 0.05) is 24.6 Å². The SMILES string of the molecule is COc1ccccc1CN1CC[C@@H](c2ccc3c(c2)OCO3)[C@H](O)C1. The van der Waals surface area contributed by atoms with Gasteiger partial charge in [-0.2, -0.15) is 0 Å². The molecular weight excluding hydrogens is 318 g/mol. The van der Waals surface area contributed by atoms with Crippen LogP contribution in [0.3, 0.4) is 0 Å². The average molecular weight is 341 g/mol. The third-order valence-electron chi connectivity index (χ3n) is 5.08. The third-order valence-corrected chi connectivity index (χ3v) is 5.08. The highest BCUT2D eigenvalue weighted by Gasteiger charge is 2.30. The normalized spacial score (nSPS) is 22.8. The molecule has 132 valence electrons. The number of benzene rings is 2. The summed E-state index contributed by atoms with van der Waals surface area (Å²) in [6.45, 7) is 2.65. The Morgan fingerprint density at radius 3 is 2.84 bits per heavy atom. The van der Waals surface area contributed by atoms with Crippen molar-refractivity contribution in [3.8, 4) is 17.2 Å². The zero-order valence-electron chi connectivity index (χ0n) is 14.4. The molecule has 2 heterocycles. The minimum Gasteiger partial charge on any atom is -0.496 e. The van der Waals surface area contributed by atoms with Crippen molar-refractivity contribution in [2.75, 3.05) is 27.0 Å². The van der Waals surface area contributed by atoms with Crippen molar-refractivity contribution in [2.45, 2.75) is 25.0 Å². The molecule has 0 radical (unpaired) electrons. The van der Waals surface area contributed by atoms with Gasteiger partial charge in [0.25, 0.3) is 0 Å². The highest BCUT2D eigenvalue weighted by Crippen LogP contribution is 2.37. The van der Waals surface area contributed by atoms with Crippen molar-refractivity contribution in [1.29, 1.82) is 0 Å². The van der Waals surface area contributed by atoms with Gasteiger partial charge in [0.05, 0.1) is 13.2 Å². The van der Waals surface area contributed by atoms with Crippen LogP contribution in [0, 0.1) is 0 Å². The number of aliphatic hydroxyl groups is 1. The van der Waals surface area contributed by atoms with Crippen LogP contribution in [-0.4, -0.2) is 43.1 Å². The van der Waals surface area contributed by atoms with Gasteiger partial charge in [-0.05, 0) is 36.7 Å². The summed E-state index contributed by atoms with van der Waals surface area (Å²) in [7, 11) is 1.69. The van der Waals surface area contributed by atoms with E-state index in [0.717, 1.165) is 47.9 Å². The smallest absolute Gasteiger partial charge is 0.231 e. The largest absolute Gasteiger partial charge is 0.496 e. The third kappa shape index (κ3) is 3.30. The molecule has 1 saturated heterocycles. The molecule has 0 saturated carbocycles. The Hall–Kier alpha value is -2.24. The first-order valence-corrected chi connectivity index (χ1v) is 8.66. The summed E-state index contributed by atoms with van der Waals surface area (Å²) in [5.41, 5.74) is 2.27. The van der Waals surface area contributed by atoms with Crippen LogP contribution in [0.2, 0.25) is 0 Å². The van der Waals surface area contributed by atoms with E-state index in [9.17, 15) is 5.11 Å². The fourth-order valence-corrected chi connectivity index (χ4v) is 3.75. The van der Waals surface area contributed by atoms with Crippen LogP contribution in [-0.2, 0) is 6.54 Å². The van der Waals surface area contributed by atoms with Crippen LogP contribution in [0.4, 0.5) is 0 Å². The first-order valence-electron chi connectivity index (χ1n) is 8.66. The molecule has 0 aliphatic carbocycles. The Kier molecular flexibility index (Phi) is 4.51. The standard InChI is InChI=1S/C20H23NO4/c1-23-18-5-3-2-4-15(18)11-21-9-8-16(17(22)12-21)14-6-7-19-20(10-14)25-13-24-19/h2-7,10,16-17,22H,8-9,11-13H2,1H3/t16-,17+/m0/s1. The van der Waals surface area contributed by atoms with Gasteiger partial charge in [0.1, 0.15) is 5.75 Å². The molecule has 2 aromatic rings. The Morgan fingerprint density at radius 2 is 2.00 bits per heavy atom. The fraction of sp³-hybridized carbons (Fsp3) is 0.400. The molecule has 0 aromatic heterocycles. The lowest BCUT2D eigenvalue weighted by Gasteiger charge is -2.36. The molecule has 0 bridgehead atoms. The highest BCUT2D eigenvalue weighted by atomic mass is 16.7. The van der Waals surface area contributed by atoms with E-state index in [0.29, 0.717) is 6.54 Å². The monoisotopic (exact) mass is 341 g/mol. The lowest BCUT2D eigenvalue weighted by molar-refractivity contribution is 0.0473. The molecule has 5 nitrogen and oxygen atoms in total. The van der Waals surface area contributed by atoms with Gasteiger partial charge >= 0.3 is 0 Å². The van der Waals surface area contributed by atoms with Crippen LogP contribution in [0.15, 0.2) is 42.5 Å². The van der Waals surface area contributed by atoms with Gasteiger partial charge in [-0.15, -0.1) is 0 Å². The zero-order valence-corrected chi connectivity index (χ0v) is 14.4. The predicted octanol–water partition coefficient (Wildman–Crippen LogP) is 2.77. The maximum Gasteiger partial charge on any atom is 0.231 e. The van der Waals surface area contributed by atoms with E-state index in [1.54, 1.807) is 7.11 Å². The predicted molar refractivity (Wildman–Crippen MR) is 94.2 cm³/mol. The van der Waals surface area contributed by atoms with Crippen LogP contribution >= 0.6 is 0 Å². The summed E-state index contributed by atoms with van der Waals surface area (Å²) >= 11 is 0. The molecule has 5 heteroatoms. The first kappa shape index (κ1) is 16.2. The lowest BCUT2D eigenvalue weighted by Crippen LogP contribution is -2.42. The van der Waals surface area contributed by atoms with Gasteiger partial charge < -0.3 is 19.3 Å². The molecule has 25 heavy (non-hydrogen) atoms. The van der Waals surface area contributed by atoms with E-state index in [1.165, 1.54) is 0 Å². The number of para-hydroxylation sites is 1. The van der Waals surface area contributed by atoms with Crippen molar-refractivity contribution in [3.05, 3.63) is 53.6 Å². The van der Waals surface area contributed by atoms with E-state index in [4.69, 9.17) is 14.2 Å². The molecule has 2 aromatic carbocycles. The van der Waals surface area contributed by atoms with E-state index in [-0.39, 0.29) is 12.7 Å². The van der Waals surface area contributed by atoms with Crippen molar-refractivity contribution >= 4 is 0 Å². The van der Waals surface area contributed by atoms with E-state index in [2.05, 4.69) is 11.0 Å². The molecule has 0 spiro atoms. The Labute approximate surface area is 147 Å². The van der Waals surface area contributed by atoms with Gasteiger partial charge in [-0.25, -0.2) is 0 Å². The van der Waals surface area contributed by atoms with Gasteiger partial charge in [0.15, 0.2) is 11.5 Å². The van der Waals surface area contributed by atoms with E-state index in [1.807, 2.05) is 36.4 Å². The summed E-state index contributed by atoms with van der Waals surface area (Å²) in [6, 6.07) is 14.0. The summed E-state index contributed by atoms with van der Waals surface area (Å²) in [5, 5.41) is 10.7. The van der Waals surface area contributed by atoms with Crippen molar-refractivity contribution in [3.63, 3.8) is 0 Å². The van der Waals surface area contributed by atoms with Gasteiger partial charge in [-0.1, -0.05) is 24.3 Å². The lowest BCUT2D eigenvalue weighted by atomic mass is 9.86. The van der Waals surface area contributed by atoms with Crippen LogP contribution < -0.4 is 14.2 Å². The summed E-state index contributed by atoms with van der Waals surface area (Å²) in [5.74, 6) is 2.59. The molecule has 0 unspecified atom stereocenters. The van der Waals surface area contributed by atoms with Crippen molar-refractivity contribution in [1.82, 2.24) is 4.90 Å². The molecule has 0 amide bonds. The Balaban J connectivity index is 1.44. The van der Waals surface area contributed by atoms with E-state index >= 15 is 0 Å². The molecule has 2 aliphatic rings. The highest BCUT2D eigenvalue weighted by molar-refractivity contribution is 5.45. The maximum atomic E-state index is 10.7. The summed E-state index contributed by atoms with van der Waals surface area (Å²) in [6.07, 6.45) is 0.513. The Bertz CT molecular complexity index is 748. The number of β-amino-alcohol motifs (C(OH)–C–C–N with tert-alkyl or cyclic N) is 1. The van der Waals surface area contributed by atoms with Crippen LogP contribution in [0.25, 0.3) is 0 Å². The van der Waals surface area contributed by atoms with Crippen molar-refractivity contribution in [2.24, 2.45) is 0 Å². The van der Waals surface area contributed by atoms with Crippen LogP contribution in [0.5, 0.6) is 17.2 Å². The molecule has 4 rings (SSSR count). The number of aliphatic hydroxyl groups excluding tert-OH is 1. The average Bonchev–Trinajstić information content (AvgIpc) is 3.10. The maximum absolute atomic E-state index is 10.7. The number of fused-ring (bicyclic) bond motifs is 1. The molecular formula is C20H23NO4. The fourth-order valence-electron chi connectivity index (χ4n) is 3.75. The second-order valence-electron chi connectivity index (χ2n) is 6.62. The topological polar surface area (TPSA) is 51.2 Å². The van der Waals surface area contributed by atoms with E-state index < -0.39 is 6.10 Å². The summed E-state index contributed by atoms with van der Waals surface area (Å²) < 4.78 is 16.3. The molecule has 2 atom stereocenters.